The van der Waals surface area contributed by atoms with Gasteiger partial charge in [0.05, 0.1) is 18.6 Å². The topological polar surface area (TPSA) is 95.3 Å². The van der Waals surface area contributed by atoms with E-state index < -0.39 is 10.1 Å². The minimum Gasteiger partial charge on any atom is -0.267 e. The van der Waals surface area contributed by atoms with E-state index in [1.807, 2.05) is 38.1 Å². The maximum Gasteiger partial charge on any atom is 0.463 e. The van der Waals surface area contributed by atoms with Crippen molar-refractivity contribution in [3.8, 4) is 11.3 Å². The first-order valence-electron chi connectivity index (χ1n) is 7.99. The Bertz CT molecular complexity index is 935. The maximum absolute atomic E-state index is 12.5. The zero-order chi connectivity index (χ0) is 19.3. The maximum atomic E-state index is 12.5. The molecule has 1 heterocycles. The number of hydrogen-bond acceptors (Lipinski definition) is 6. The summed E-state index contributed by atoms with van der Waals surface area (Å²) >= 11 is 0.494. The van der Waals surface area contributed by atoms with Crippen molar-refractivity contribution < 1.29 is 16.8 Å². The monoisotopic (exact) mass is 397 g/mol. The van der Waals surface area contributed by atoms with Crippen molar-refractivity contribution in [1.29, 1.82) is 0 Å². The first-order valence-corrected chi connectivity index (χ1v) is 10.7. The van der Waals surface area contributed by atoms with Crippen LogP contribution in [0.3, 0.4) is 0 Å². The number of nitrogens with zero attached hydrogens (tertiary/aromatic N) is 2. The lowest BCUT2D eigenvalue weighted by Gasteiger charge is -2.12. The van der Waals surface area contributed by atoms with Crippen molar-refractivity contribution >= 4 is 21.8 Å². The third-order valence-corrected chi connectivity index (χ3v) is 4.49. The molecule has 0 unspecified atom stereocenters. The van der Waals surface area contributed by atoms with Gasteiger partial charge in [0, 0.05) is 27.4 Å². The number of aromatic nitrogens is 2. The summed E-state index contributed by atoms with van der Waals surface area (Å²) < 4.78 is 39.3. The summed E-state index contributed by atoms with van der Waals surface area (Å²) in [5.41, 5.74) is 2.05. The van der Waals surface area contributed by atoms with Crippen molar-refractivity contribution in [3.63, 3.8) is 0 Å². The van der Waals surface area contributed by atoms with E-state index in [1.165, 1.54) is 4.68 Å². The zero-order valence-electron chi connectivity index (χ0n) is 14.8. The van der Waals surface area contributed by atoms with Gasteiger partial charge in [0.25, 0.3) is 21.4 Å². The Morgan fingerprint density at radius 1 is 1.23 bits per heavy atom. The molecule has 0 amide bonds. The lowest BCUT2D eigenvalue weighted by atomic mass is 10.1. The van der Waals surface area contributed by atoms with E-state index >= 15 is 0 Å². The molecule has 0 fully saturated rings. The highest BCUT2D eigenvalue weighted by Crippen LogP contribution is 2.18. The van der Waals surface area contributed by atoms with Gasteiger partial charge in [-0.2, -0.15) is 13.5 Å². The fourth-order valence-corrected chi connectivity index (χ4v) is 2.99. The van der Waals surface area contributed by atoms with Crippen LogP contribution in [0, 0.1) is 5.92 Å². The summed E-state index contributed by atoms with van der Waals surface area (Å²) in [6.45, 7) is 3.99. The van der Waals surface area contributed by atoms with E-state index in [-0.39, 0.29) is 23.6 Å². The van der Waals surface area contributed by atoms with Crippen LogP contribution in [0.5, 0.6) is 0 Å². The molecule has 0 atom stereocenters. The van der Waals surface area contributed by atoms with Crippen LogP contribution in [0.25, 0.3) is 11.3 Å². The van der Waals surface area contributed by atoms with Crippen LogP contribution in [0.1, 0.15) is 25.0 Å². The zero-order valence-corrected chi connectivity index (χ0v) is 16.5. The van der Waals surface area contributed by atoms with Crippen LogP contribution < -0.4 is 5.56 Å². The minimum atomic E-state index is -3.66. The highest BCUT2D eigenvalue weighted by Gasteiger charge is 2.14. The standard InChI is InChI=1S/C17H21N2O5S2/c1-12(2)9-19-17(20)15(10-24-26(3,22)23)8-16(18-19)14-6-4-13(5-7-14)11-25-21/h4-8,12H,9-11H2,1-3H3/q+1. The molecular formula is C17H21N2O5S2+. The second-order valence-corrected chi connectivity index (χ2v) is 8.53. The Hall–Kier alpha value is -1.97. The van der Waals surface area contributed by atoms with Gasteiger partial charge in [-0.05, 0) is 12.0 Å². The molecule has 26 heavy (non-hydrogen) atoms. The quantitative estimate of drug-likeness (QED) is 0.499. The van der Waals surface area contributed by atoms with Crippen molar-refractivity contribution in [2.45, 2.75) is 32.8 Å². The van der Waals surface area contributed by atoms with E-state index in [0.717, 1.165) is 17.4 Å². The molecule has 9 heteroatoms. The summed E-state index contributed by atoms with van der Waals surface area (Å²) in [5.74, 6) is 0.559. The summed E-state index contributed by atoms with van der Waals surface area (Å²) in [7, 11) is -3.66. The number of benzene rings is 1. The largest absolute Gasteiger partial charge is 0.463 e. The third-order valence-electron chi connectivity index (χ3n) is 3.49. The van der Waals surface area contributed by atoms with Gasteiger partial charge in [0.15, 0.2) is 0 Å². The first kappa shape index (κ1) is 20.3. The Kier molecular flexibility index (Phi) is 6.74. The van der Waals surface area contributed by atoms with Gasteiger partial charge in [-0.15, -0.1) is 0 Å². The molecule has 0 spiro atoms. The molecule has 2 aromatic rings. The van der Waals surface area contributed by atoms with Crippen LogP contribution >= 0.6 is 0 Å². The molecule has 7 nitrogen and oxygen atoms in total. The molecule has 2 rings (SSSR count). The fraction of sp³-hybridized carbons (Fsp3) is 0.412. The molecule has 0 aliphatic carbocycles. The molecule has 1 aromatic heterocycles. The second-order valence-electron chi connectivity index (χ2n) is 6.36. The van der Waals surface area contributed by atoms with Gasteiger partial charge in [0.2, 0.25) is 0 Å². The van der Waals surface area contributed by atoms with E-state index in [0.29, 0.717) is 29.7 Å². The Balaban J connectivity index is 2.47. The highest BCUT2D eigenvalue weighted by molar-refractivity contribution is 7.85. The molecule has 0 aliphatic heterocycles. The lowest BCUT2D eigenvalue weighted by Crippen LogP contribution is -2.29. The van der Waals surface area contributed by atoms with Crippen molar-refractivity contribution in [1.82, 2.24) is 9.78 Å². The van der Waals surface area contributed by atoms with E-state index in [2.05, 4.69) is 5.10 Å². The first-order chi connectivity index (χ1) is 12.2. The van der Waals surface area contributed by atoms with Crippen molar-refractivity contribution in [3.05, 3.63) is 51.8 Å². The SMILES string of the molecule is CC(C)Cn1nc(-c2ccc(C[S+]=O)cc2)cc(COS(C)(=O)=O)c1=O. The Morgan fingerprint density at radius 3 is 2.42 bits per heavy atom. The van der Waals surface area contributed by atoms with Gasteiger partial charge in [0.1, 0.15) is 0 Å². The van der Waals surface area contributed by atoms with Gasteiger partial charge in [-0.1, -0.05) is 38.1 Å². The summed E-state index contributed by atoms with van der Waals surface area (Å²) in [6.07, 6.45) is 0.939. The predicted molar refractivity (Wildman–Crippen MR) is 100 cm³/mol. The van der Waals surface area contributed by atoms with Crippen molar-refractivity contribution in [2.24, 2.45) is 5.92 Å². The smallest absolute Gasteiger partial charge is 0.267 e. The fourth-order valence-electron chi connectivity index (χ4n) is 2.32. The van der Waals surface area contributed by atoms with Crippen LogP contribution in [0.4, 0.5) is 0 Å². The van der Waals surface area contributed by atoms with E-state index in [4.69, 9.17) is 4.18 Å². The predicted octanol–water partition coefficient (Wildman–Crippen LogP) is 1.97. The lowest BCUT2D eigenvalue weighted by molar-refractivity contribution is 0.307. The number of rotatable bonds is 8. The second kappa shape index (κ2) is 8.61. The molecule has 0 bridgehead atoms. The van der Waals surface area contributed by atoms with Gasteiger partial charge >= 0.3 is 11.7 Å². The van der Waals surface area contributed by atoms with Crippen molar-refractivity contribution in [2.75, 3.05) is 6.26 Å². The summed E-state index contributed by atoms with van der Waals surface area (Å²) in [6, 6.07) is 8.83. The molecule has 0 aliphatic rings. The molecule has 1 aromatic carbocycles. The average molecular weight is 397 g/mol. The minimum absolute atomic E-state index is 0.190. The summed E-state index contributed by atoms with van der Waals surface area (Å²) in [5, 5.41) is 4.40. The third kappa shape index (κ3) is 5.79. The Morgan fingerprint density at radius 2 is 1.88 bits per heavy atom. The van der Waals surface area contributed by atoms with Crippen LogP contribution in [0.2, 0.25) is 0 Å². The van der Waals surface area contributed by atoms with Crippen LogP contribution in [-0.2, 0) is 49.1 Å². The average Bonchev–Trinajstić information content (AvgIpc) is 2.55. The molecule has 0 radical (unpaired) electrons. The molecule has 0 saturated heterocycles. The van der Waals surface area contributed by atoms with Gasteiger partial charge in [-0.25, -0.2) is 4.68 Å². The molecule has 0 N–H and O–H groups in total. The molecular weight excluding hydrogens is 376 g/mol. The van der Waals surface area contributed by atoms with Crippen LogP contribution in [0.15, 0.2) is 35.1 Å². The normalized spacial score (nSPS) is 11.7. The summed E-state index contributed by atoms with van der Waals surface area (Å²) in [4.78, 5) is 12.5. The Labute approximate surface area is 156 Å². The molecule has 140 valence electrons. The molecule has 0 saturated carbocycles. The van der Waals surface area contributed by atoms with E-state index in [9.17, 15) is 17.4 Å². The van der Waals surface area contributed by atoms with E-state index in [1.54, 1.807) is 6.07 Å². The highest BCUT2D eigenvalue weighted by atomic mass is 32.2. The van der Waals surface area contributed by atoms with Gasteiger partial charge in [-0.3, -0.25) is 8.98 Å². The van der Waals surface area contributed by atoms with Gasteiger partial charge < -0.3 is 0 Å². The van der Waals surface area contributed by atoms with Crippen LogP contribution in [-0.4, -0.2) is 24.5 Å². The number of hydrogen-bond donors (Lipinski definition) is 0.